The first-order valence-electron chi connectivity index (χ1n) is 6.15. The number of aliphatic carboxylic acids is 1. The molecular formula is C13H15Cl3N2O3. The van der Waals surface area contributed by atoms with Crippen LogP contribution in [0.5, 0.6) is 0 Å². The fraction of sp³-hybridized carbons (Fsp3) is 0.385. The standard InChI is InChI=1S/C13H15Cl3N2O3/c1-6(2)3-11(12(19)20)18-13(21)17-10-5-8(15)7(14)4-9(10)16/h4-6,11H,3H2,1-2H3,(H,19,20)(H2,17,18,21)/t11-/m1/s1. The third kappa shape index (κ3) is 5.61. The predicted molar refractivity (Wildman–Crippen MR) is 84.5 cm³/mol. The van der Waals surface area contributed by atoms with Crippen molar-refractivity contribution in [2.45, 2.75) is 26.3 Å². The molecule has 0 aliphatic carbocycles. The Hall–Kier alpha value is -1.17. The number of amides is 2. The summed E-state index contributed by atoms with van der Waals surface area (Å²) < 4.78 is 0. The van der Waals surface area contributed by atoms with Crippen molar-refractivity contribution >= 4 is 52.5 Å². The van der Waals surface area contributed by atoms with E-state index in [4.69, 9.17) is 39.9 Å². The fourth-order valence-corrected chi connectivity index (χ4v) is 2.22. The van der Waals surface area contributed by atoms with Crippen LogP contribution in [0.15, 0.2) is 12.1 Å². The van der Waals surface area contributed by atoms with E-state index in [-0.39, 0.29) is 26.7 Å². The molecule has 1 atom stereocenters. The normalized spacial score (nSPS) is 12.1. The second kappa shape index (κ2) is 7.73. The van der Waals surface area contributed by atoms with Gasteiger partial charge in [-0.2, -0.15) is 0 Å². The fourth-order valence-electron chi connectivity index (χ4n) is 1.63. The second-order valence-corrected chi connectivity index (χ2v) is 6.09. The van der Waals surface area contributed by atoms with Gasteiger partial charge in [-0.25, -0.2) is 9.59 Å². The topological polar surface area (TPSA) is 78.4 Å². The maximum Gasteiger partial charge on any atom is 0.326 e. The molecule has 0 unspecified atom stereocenters. The molecule has 21 heavy (non-hydrogen) atoms. The molecule has 0 heterocycles. The van der Waals surface area contributed by atoms with E-state index in [2.05, 4.69) is 10.6 Å². The van der Waals surface area contributed by atoms with Gasteiger partial charge in [-0.05, 0) is 24.5 Å². The largest absolute Gasteiger partial charge is 0.480 e. The van der Waals surface area contributed by atoms with Gasteiger partial charge in [-0.1, -0.05) is 48.7 Å². The van der Waals surface area contributed by atoms with Gasteiger partial charge in [0.15, 0.2) is 0 Å². The summed E-state index contributed by atoms with van der Waals surface area (Å²) in [5.41, 5.74) is 0.247. The molecule has 0 aromatic heterocycles. The third-order valence-electron chi connectivity index (χ3n) is 2.57. The Kier molecular flexibility index (Phi) is 6.58. The molecule has 0 fully saturated rings. The first-order chi connectivity index (χ1) is 9.70. The van der Waals surface area contributed by atoms with Crippen molar-refractivity contribution in [1.82, 2.24) is 5.32 Å². The van der Waals surface area contributed by atoms with Crippen molar-refractivity contribution < 1.29 is 14.7 Å². The van der Waals surface area contributed by atoms with Gasteiger partial charge < -0.3 is 15.7 Å². The number of hydrogen-bond donors (Lipinski definition) is 3. The average Bonchev–Trinajstić information content (AvgIpc) is 2.34. The van der Waals surface area contributed by atoms with Crippen molar-refractivity contribution in [3.63, 3.8) is 0 Å². The zero-order valence-corrected chi connectivity index (χ0v) is 13.7. The predicted octanol–water partition coefficient (Wildman–Crippen LogP) is 4.27. The molecule has 0 radical (unpaired) electrons. The van der Waals surface area contributed by atoms with Crippen LogP contribution < -0.4 is 10.6 Å². The van der Waals surface area contributed by atoms with Crippen LogP contribution in [0.3, 0.4) is 0 Å². The Labute approximate surface area is 137 Å². The lowest BCUT2D eigenvalue weighted by Gasteiger charge is -2.17. The van der Waals surface area contributed by atoms with Crippen molar-refractivity contribution in [1.29, 1.82) is 0 Å². The molecule has 0 aliphatic rings. The number of carbonyl (C=O) groups is 2. The lowest BCUT2D eigenvalue weighted by Crippen LogP contribution is -2.43. The average molecular weight is 354 g/mol. The monoisotopic (exact) mass is 352 g/mol. The summed E-state index contributed by atoms with van der Waals surface area (Å²) in [5, 5.41) is 14.6. The molecule has 8 heteroatoms. The van der Waals surface area contributed by atoms with Gasteiger partial charge in [0.05, 0.1) is 20.8 Å². The van der Waals surface area contributed by atoms with Crippen LogP contribution in [0.25, 0.3) is 0 Å². The molecule has 1 aromatic carbocycles. The number of urea groups is 1. The smallest absolute Gasteiger partial charge is 0.326 e. The lowest BCUT2D eigenvalue weighted by molar-refractivity contribution is -0.139. The van der Waals surface area contributed by atoms with Gasteiger partial charge in [0.1, 0.15) is 6.04 Å². The first kappa shape index (κ1) is 17.9. The van der Waals surface area contributed by atoms with Crippen molar-refractivity contribution in [2.24, 2.45) is 5.92 Å². The number of rotatable bonds is 5. The Morgan fingerprint density at radius 1 is 1.14 bits per heavy atom. The van der Waals surface area contributed by atoms with Gasteiger partial charge in [0.2, 0.25) is 0 Å². The highest BCUT2D eigenvalue weighted by Crippen LogP contribution is 2.32. The summed E-state index contributed by atoms with van der Waals surface area (Å²) >= 11 is 17.5. The van der Waals surface area contributed by atoms with E-state index in [0.29, 0.717) is 6.42 Å². The molecule has 0 saturated heterocycles. The number of hydrogen-bond acceptors (Lipinski definition) is 2. The van der Waals surface area contributed by atoms with Gasteiger partial charge in [0.25, 0.3) is 0 Å². The maximum absolute atomic E-state index is 11.8. The minimum absolute atomic E-state index is 0.125. The van der Waals surface area contributed by atoms with Crippen LogP contribution in [0.4, 0.5) is 10.5 Å². The summed E-state index contributed by atoms with van der Waals surface area (Å²) in [6.07, 6.45) is 0.317. The van der Waals surface area contributed by atoms with E-state index in [1.165, 1.54) is 12.1 Å². The van der Waals surface area contributed by atoms with Gasteiger partial charge >= 0.3 is 12.0 Å². The highest BCUT2D eigenvalue weighted by molar-refractivity contribution is 6.44. The van der Waals surface area contributed by atoms with Crippen LogP contribution >= 0.6 is 34.8 Å². The summed E-state index contributed by atoms with van der Waals surface area (Å²) in [5.74, 6) is -0.973. The number of carboxylic acids is 1. The van der Waals surface area contributed by atoms with Crippen LogP contribution in [0.2, 0.25) is 15.1 Å². The van der Waals surface area contributed by atoms with Gasteiger partial charge in [0, 0.05) is 0 Å². The van der Waals surface area contributed by atoms with E-state index in [0.717, 1.165) is 0 Å². The number of carbonyl (C=O) groups excluding carboxylic acids is 1. The number of halogens is 3. The minimum Gasteiger partial charge on any atom is -0.480 e. The molecule has 5 nitrogen and oxygen atoms in total. The zero-order chi connectivity index (χ0) is 16.2. The number of nitrogens with one attached hydrogen (secondary N) is 2. The molecule has 2 amide bonds. The Morgan fingerprint density at radius 2 is 1.71 bits per heavy atom. The van der Waals surface area contributed by atoms with E-state index in [9.17, 15) is 9.59 Å². The molecule has 0 aliphatic heterocycles. The zero-order valence-electron chi connectivity index (χ0n) is 11.4. The molecule has 0 saturated carbocycles. The molecular weight excluding hydrogens is 339 g/mol. The third-order valence-corrected chi connectivity index (χ3v) is 3.60. The first-order valence-corrected chi connectivity index (χ1v) is 7.29. The molecule has 3 N–H and O–H groups in total. The van der Waals surface area contributed by atoms with Crippen LogP contribution in [-0.2, 0) is 4.79 Å². The van der Waals surface area contributed by atoms with Crippen molar-refractivity contribution in [3.8, 4) is 0 Å². The Bertz CT molecular complexity index is 550. The summed E-state index contributed by atoms with van der Waals surface area (Å²) in [6, 6.07) is 1.13. The van der Waals surface area contributed by atoms with Crippen molar-refractivity contribution in [2.75, 3.05) is 5.32 Å². The number of anilines is 1. The van der Waals surface area contributed by atoms with E-state index < -0.39 is 18.0 Å². The van der Waals surface area contributed by atoms with E-state index in [1.54, 1.807) is 0 Å². The van der Waals surface area contributed by atoms with E-state index in [1.807, 2.05) is 13.8 Å². The van der Waals surface area contributed by atoms with E-state index >= 15 is 0 Å². The van der Waals surface area contributed by atoms with Gasteiger partial charge in [-0.15, -0.1) is 0 Å². The lowest BCUT2D eigenvalue weighted by atomic mass is 10.0. The summed E-state index contributed by atoms with van der Waals surface area (Å²) in [4.78, 5) is 22.9. The SMILES string of the molecule is CC(C)C[C@@H](NC(=O)Nc1cc(Cl)c(Cl)cc1Cl)C(=O)O. The Morgan fingerprint density at radius 3 is 2.24 bits per heavy atom. The molecule has 1 rings (SSSR count). The van der Waals surface area contributed by atoms with Crippen molar-refractivity contribution in [3.05, 3.63) is 27.2 Å². The summed E-state index contributed by atoms with van der Waals surface area (Å²) in [7, 11) is 0. The van der Waals surface area contributed by atoms with Crippen LogP contribution in [0.1, 0.15) is 20.3 Å². The highest BCUT2D eigenvalue weighted by Gasteiger charge is 2.21. The second-order valence-electron chi connectivity index (χ2n) is 4.86. The number of carboxylic acid groups (broad SMARTS) is 1. The molecule has 0 spiro atoms. The number of benzene rings is 1. The van der Waals surface area contributed by atoms with Crippen LogP contribution in [0, 0.1) is 5.92 Å². The Balaban J connectivity index is 2.77. The maximum atomic E-state index is 11.8. The van der Waals surface area contributed by atoms with Crippen LogP contribution in [-0.4, -0.2) is 23.1 Å². The molecule has 116 valence electrons. The van der Waals surface area contributed by atoms with Gasteiger partial charge in [-0.3, -0.25) is 0 Å². The molecule has 1 aromatic rings. The summed E-state index contributed by atoms with van der Waals surface area (Å²) in [6.45, 7) is 3.73. The minimum atomic E-state index is -1.10. The highest BCUT2D eigenvalue weighted by atomic mass is 35.5. The molecule has 0 bridgehead atoms. The quantitative estimate of drug-likeness (QED) is 0.692.